The zero-order valence-corrected chi connectivity index (χ0v) is 12.7. The molecule has 3 N–H and O–H groups in total. The molecule has 0 spiro atoms. The molecule has 20 heavy (non-hydrogen) atoms. The number of nitrogens with one attached hydrogen (secondary N) is 1. The second-order valence-electron chi connectivity index (χ2n) is 5.38. The van der Waals surface area contributed by atoms with E-state index in [0.29, 0.717) is 6.54 Å². The van der Waals surface area contributed by atoms with Crippen LogP contribution in [0.3, 0.4) is 0 Å². The molecule has 1 aromatic rings. The molecule has 112 valence electrons. The number of ether oxygens (including phenoxy) is 1. The monoisotopic (exact) mass is 278 g/mol. The molecule has 0 aliphatic carbocycles. The molecule has 0 saturated heterocycles. The van der Waals surface area contributed by atoms with Gasteiger partial charge in [-0.1, -0.05) is 25.5 Å². The third-order valence-corrected chi connectivity index (χ3v) is 3.35. The average Bonchev–Trinajstić information content (AvgIpc) is 2.44. The topological polar surface area (TPSA) is 64.3 Å². The van der Waals surface area contributed by atoms with Gasteiger partial charge in [0.05, 0.1) is 7.11 Å². The van der Waals surface area contributed by atoms with Crippen molar-refractivity contribution in [3.05, 3.63) is 29.8 Å². The van der Waals surface area contributed by atoms with Crippen molar-refractivity contribution < 1.29 is 9.53 Å². The molecule has 0 bridgehead atoms. The molecule has 2 unspecified atom stereocenters. The molecule has 0 saturated carbocycles. The molecule has 0 fully saturated rings. The minimum Gasteiger partial charge on any atom is -0.497 e. The molecule has 4 nitrogen and oxygen atoms in total. The molecule has 2 atom stereocenters. The van der Waals surface area contributed by atoms with Gasteiger partial charge >= 0.3 is 0 Å². The first-order chi connectivity index (χ1) is 9.52. The SMILES string of the molecule is COc1cccc(CNC(=O)C(C)CCCC(C)N)c1. The molecule has 1 amide bonds. The van der Waals surface area contributed by atoms with Gasteiger partial charge in [-0.05, 0) is 37.5 Å². The Morgan fingerprint density at radius 1 is 1.35 bits per heavy atom. The van der Waals surface area contributed by atoms with Gasteiger partial charge in [0.25, 0.3) is 0 Å². The van der Waals surface area contributed by atoms with Gasteiger partial charge in [-0.2, -0.15) is 0 Å². The van der Waals surface area contributed by atoms with Crippen LogP contribution in [0.4, 0.5) is 0 Å². The second-order valence-corrected chi connectivity index (χ2v) is 5.38. The molecule has 4 heteroatoms. The molecule has 0 aromatic heterocycles. The Labute approximate surface area is 121 Å². The van der Waals surface area contributed by atoms with Gasteiger partial charge in [-0.15, -0.1) is 0 Å². The van der Waals surface area contributed by atoms with E-state index in [1.54, 1.807) is 7.11 Å². The summed E-state index contributed by atoms with van der Waals surface area (Å²) in [4.78, 5) is 12.0. The van der Waals surface area contributed by atoms with E-state index in [4.69, 9.17) is 10.5 Å². The van der Waals surface area contributed by atoms with Crippen molar-refractivity contribution >= 4 is 5.91 Å². The zero-order valence-electron chi connectivity index (χ0n) is 12.7. The Bertz CT molecular complexity index is 419. The second kappa shape index (κ2) is 8.59. The number of methoxy groups -OCH3 is 1. The highest BCUT2D eigenvalue weighted by atomic mass is 16.5. The fraction of sp³-hybridized carbons (Fsp3) is 0.562. The molecular weight excluding hydrogens is 252 g/mol. The summed E-state index contributed by atoms with van der Waals surface area (Å²) in [7, 11) is 1.64. The van der Waals surface area contributed by atoms with E-state index < -0.39 is 0 Å². The summed E-state index contributed by atoms with van der Waals surface area (Å²) in [6, 6.07) is 7.93. The van der Waals surface area contributed by atoms with E-state index in [9.17, 15) is 4.79 Å². The Hall–Kier alpha value is -1.55. The number of carbonyl (C=O) groups excluding carboxylic acids is 1. The molecule has 1 aromatic carbocycles. The smallest absolute Gasteiger partial charge is 0.223 e. The molecule has 0 heterocycles. The molecular formula is C16H26N2O2. The molecule has 1 rings (SSSR count). The van der Waals surface area contributed by atoms with Crippen molar-refractivity contribution in [1.29, 1.82) is 0 Å². The molecule has 0 radical (unpaired) electrons. The van der Waals surface area contributed by atoms with E-state index >= 15 is 0 Å². The Morgan fingerprint density at radius 3 is 2.75 bits per heavy atom. The maximum atomic E-state index is 12.0. The lowest BCUT2D eigenvalue weighted by atomic mass is 10.0. The zero-order chi connectivity index (χ0) is 15.0. The number of carbonyl (C=O) groups is 1. The van der Waals surface area contributed by atoms with E-state index in [2.05, 4.69) is 5.32 Å². The highest BCUT2D eigenvalue weighted by Gasteiger charge is 2.12. The quantitative estimate of drug-likeness (QED) is 0.767. The molecule has 0 aliphatic rings. The maximum absolute atomic E-state index is 12.0. The van der Waals surface area contributed by atoms with Gasteiger partial charge in [0.15, 0.2) is 0 Å². The maximum Gasteiger partial charge on any atom is 0.223 e. The van der Waals surface area contributed by atoms with Crippen LogP contribution in [0.15, 0.2) is 24.3 Å². The van der Waals surface area contributed by atoms with E-state index in [0.717, 1.165) is 30.6 Å². The highest BCUT2D eigenvalue weighted by Crippen LogP contribution is 2.13. The lowest BCUT2D eigenvalue weighted by molar-refractivity contribution is -0.124. The number of rotatable bonds is 8. The first-order valence-corrected chi connectivity index (χ1v) is 7.19. The fourth-order valence-corrected chi connectivity index (χ4v) is 2.02. The Balaban J connectivity index is 2.34. The fourth-order valence-electron chi connectivity index (χ4n) is 2.02. The van der Waals surface area contributed by atoms with Crippen LogP contribution in [-0.4, -0.2) is 19.1 Å². The van der Waals surface area contributed by atoms with Crippen molar-refractivity contribution in [3.8, 4) is 5.75 Å². The Kier molecular flexibility index (Phi) is 7.09. The number of hydrogen-bond donors (Lipinski definition) is 2. The summed E-state index contributed by atoms with van der Waals surface area (Å²) in [5.74, 6) is 0.929. The van der Waals surface area contributed by atoms with Crippen molar-refractivity contribution in [3.63, 3.8) is 0 Å². The molecule has 0 aliphatic heterocycles. The van der Waals surface area contributed by atoms with Gasteiger partial charge in [-0.25, -0.2) is 0 Å². The minimum absolute atomic E-state index is 0.0272. The summed E-state index contributed by atoms with van der Waals surface area (Å²) < 4.78 is 5.16. The van der Waals surface area contributed by atoms with Crippen LogP contribution < -0.4 is 15.8 Å². The van der Waals surface area contributed by atoms with E-state index in [1.165, 1.54) is 0 Å². The van der Waals surface area contributed by atoms with Crippen LogP contribution in [0.5, 0.6) is 5.75 Å². The summed E-state index contributed by atoms with van der Waals surface area (Å²) in [6.07, 6.45) is 2.84. The highest BCUT2D eigenvalue weighted by molar-refractivity contribution is 5.78. The van der Waals surface area contributed by atoms with Gasteiger partial charge < -0.3 is 15.8 Å². The largest absolute Gasteiger partial charge is 0.497 e. The predicted octanol–water partition coefficient (Wildman–Crippen LogP) is 2.46. The van der Waals surface area contributed by atoms with Crippen molar-refractivity contribution in [1.82, 2.24) is 5.32 Å². The first kappa shape index (κ1) is 16.5. The summed E-state index contributed by atoms with van der Waals surface area (Å²) in [5, 5.41) is 2.96. The summed E-state index contributed by atoms with van der Waals surface area (Å²) in [5.41, 5.74) is 6.75. The van der Waals surface area contributed by atoms with Gasteiger partial charge in [0.1, 0.15) is 5.75 Å². The summed E-state index contributed by atoms with van der Waals surface area (Å²) in [6.45, 7) is 4.49. The van der Waals surface area contributed by atoms with Gasteiger partial charge in [0, 0.05) is 18.5 Å². The van der Waals surface area contributed by atoms with Crippen molar-refractivity contribution in [2.45, 2.75) is 45.7 Å². The normalized spacial score (nSPS) is 13.6. The lowest BCUT2D eigenvalue weighted by Crippen LogP contribution is -2.29. The van der Waals surface area contributed by atoms with Crippen LogP contribution in [0, 0.1) is 5.92 Å². The van der Waals surface area contributed by atoms with Gasteiger partial charge in [0.2, 0.25) is 5.91 Å². The first-order valence-electron chi connectivity index (χ1n) is 7.19. The van der Waals surface area contributed by atoms with Crippen LogP contribution >= 0.6 is 0 Å². The number of hydrogen-bond acceptors (Lipinski definition) is 3. The van der Waals surface area contributed by atoms with E-state index in [-0.39, 0.29) is 17.9 Å². The Morgan fingerprint density at radius 2 is 2.10 bits per heavy atom. The number of nitrogens with two attached hydrogens (primary N) is 1. The number of amides is 1. The van der Waals surface area contributed by atoms with Crippen molar-refractivity contribution in [2.75, 3.05) is 7.11 Å². The van der Waals surface area contributed by atoms with Crippen LogP contribution in [0.2, 0.25) is 0 Å². The van der Waals surface area contributed by atoms with Crippen LogP contribution in [0.1, 0.15) is 38.7 Å². The predicted molar refractivity (Wildman–Crippen MR) is 81.5 cm³/mol. The lowest BCUT2D eigenvalue weighted by Gasteiger charge is -2.13. The average molecular weight is 278 g/mol. The third kappa shape index (κ3) is 6.06. The standard InChI is InChI=1S/C16H26N2O2/c1-12(6-4-7-13(2)17)16(19)18-11-14-8-5-9-15(10-14)20-3/h5,8-10,12-13H,4,6-7,11,17H2,1-3H3,(H,18,19). The van der Waals surface area contributed by atoms with Crippen LogP contribution in [0.25, 0.3) is 0 Å². The van der Waals surface area contributed by atoms with Crippen LogP contribution in [-0.2, 0) is 11.3 Å². The van der Waals surface area contributed by atoms with Gasteiger partial charge in [-0.3, -0.25) is 4.79 Å². The van der Waals surface area contributed by atoms with Crippen molar-refractivity contribution in [2.24, 2.45) is 11.7 Å². The number of benzene rings is 1. The third-order valence-electron chi connectivity index (χ3n) is 3.35. The summed E-state index contributed by atoms with van der Waals surface area (Å²) >= 11 is 0. The van der Waals surface area contributed by atoms with E-state index in [1.807, 2.05) is 38.1 Å². The minimum atomic E-state index is 0.0272.